The molecule has 0 aliphatic heterocycles. The Morgan fingerprint density at radius 3 is 2.58 bits per heavy atom. The standard InChI is InChI=1S/C12H17NO6/c1-18-10-4-7(12(17)8(15)5-14)2-3-9(10)19-6-11(13)16/h2-4,8,12,14-15,17H,5-6H2,1H3,(H2,13,16). The Balaban J connectivity index is 2.91. The predicted octanol–water partition coefficient (Wildman–Crippen LogP) is -1.05. The average molecular weight is 271 g/mol. The molecule has 0 saturated carbocycles. The summed E-state index contributed by atoms with van der Waals surface area (Å²) in [4.78, 5) is 10.6. The van der Waals surface area contributed by atoms with E-state index in [-0.39, 0.29) is 18.1 Å². The second-order valence-corrected chi connectivity index (χ2v) is 3.86. The van der Waals surface area contributed by atoms with Gasteiger partial charge in [0.05, 0.1) is 13.7 Å². The molecule has 0 aliphatic rings. The maximum Gasteiger partial charge on any atom is 0.255 e. The van der Waals surface area contributed by atoms with E-state index in [0.29, 0.717) is 5.56 Å². The molecule has 5 N–H and O–H groups in total. The third kappa shape index (κ3) is 4.09. The van der Waals surface area contributed by atoms with Gasteiger partial charge in [0.2, 0.25) is 0 Å². The first-order valence-corrected chi connectivity index (χ1v) is 5.55. The Kier molecular flexibility index (Phi) is 5.56. The van der Waals surface area contributed by atoms with E-state index in [1.165, 1.54) is 25.3 Å². The number of hydrogen-bond acceptors (Lipinski definition) is 6. The zero-order chi connectivity index (χ0) is 14.4. The molecule has 0 heterocycles. The topological polar surface area (TPSA) is 122 Å². The first kappa shape index (κ1) is 15.2. The summed E-state index contributed by atoms with van der Waals surface area (Å²) < 4.78 is 10.2. The third-order valence-electron chi connectivity index (χ3n) is 2.45. The molecular formula is C12H17NO6. The summed E-state index contributed by atoms with van der Waals surface area (Å²) in [5.41, 5.74) is 5.31. The van der Waals surface area contributed by atoms with Gasteiger partial charge < -0.3 is 30.5 Å². The first-order chi connectivity index (χ1) is 8.99. The van der Waals surface area contributed by atoms with Crippen molar-refractivity contribution in [1.29, 1.82) is 0 Å². The van der Waals surface area contributed by atoms with Crippen molar-refractivity contribution in [1.82, 2.24) is 0 Å². The molecule has 0 aliphatic carbocycles. The highest BCUT2D eigenvalue weighted by Crippen LogP contribution is 2.31. The molecular weight excluding hydrogens is 254 g/mol. The summed E-state index contributed by atoms with van der Waals surface area (Å²) in [6.07, 6.45) is -2.54. The largest absolute Gasteiger partial charge is 0.493 e. The van der Waals surface area contributed by atoms with Crippen LogP contribution in [0.1, 0.15) is 11.7 Å². The summed E-state index contributed by atoms with van der Waals surface area (Å²) in [6.45, 7) is -0.860. The molecule has 0 fully saturated rings. The van der Waals surface area contributed by atoms with Crippen LogP contribution in [-0.4, -0.2) is 47.7 Å². The van der Waals surface area contributed by atoms with Gasteiger partial charge >= 0.3 is 0 Å². The van der Waals surface area contributed by atoms with Crippen molar-refractivity contribution in [3.63, 3.8) is 0 Å². The fourth-order valence-corrected chi connectivity index (χ4v) is 1.46. The Hall–Kier alpha value is -1.83. The highest BCUT2D eigenvalue weighted by molar-refractivity contribution is 5.75. The summed E-state index contributed by atoms with van der Waals surface area (Å²) in [5.74, 6) is -0.0551. The van der Waals surface area contributed by atoms with Gasteiger partial charge in [-0.25, -0.2) is 0 Å². The summed E-state index contributed by atoms with van der Waals surface area (Å²) >= 11 is 0. The van der Waals surface area contributed by atoms with Crippen LogP contribution in [0.15, 0.2) is 18.2 Å². The van der Waals surface area contributed by atoms with Crippen LogP contribution >= 0.6 is 0 Å². The van der Waals surface area contributed by atoms with Crippen molar-refractivity contribution in [2.75, 3.05) is 20.3 Å². The molecule has 7 heteroatoms. The normalized spacial score (nSPS) is 13.7. The summed E-state index contributed by atoms with van der Waals surface area (Å²) in [5, 5.41) is 27.9. The van der Waals surface area contributed by atoms with Gasteiger partial charge in [0.25, 0.3) is 5.91 Å². The van der Waals surface area contributed by atoms with Crippen molar-refractivity contribution in [2.24, 2.45) is 5.73 Å². The lowest BCUT2D eigenvalue weighted by molar-refractivity contribution is -0.119. The molecule has 106 valence electrons. The van der Waals surface area contributed by atoms with Crippen LogP contribution in [0.4, 0.5) is 0 Å². The minimum absolute atomic E-state index is 0.280. The molecule has 1 rings (SSSR count). The van der Waals surface area contributed by atoms with E-state index in [2.05, 4.69) is 0 Å². The van der Waals surface area contributed by atoms with E-state index >= 15 is 0 Å². The van der Waals surface area contributed by atoms with Gasteiger partial charge in [-0.2, -0.15) is 0 Å². The average Bonchev–Trinajstić information content (AvgIpc) is 2.43. The number of hydrogen-bond donors (Lipinski definition) is 4. The zero-order valence-electron chi connectivity index (χ0n) is 10.4. The molecule has 1 aromatic carbocycles. The SMILES string of the molecule is COc1cc(C(O)C(O)CO)ccc1OCC(N)=O. The minimum Gasteiger partial charge on any atom is -0.493 e. The number of rotatable bonds is 7. The molecule has 2 unspecified atom stereocenters. The number of carbonyl (C=O) groups excluding carboxylic acids is 1. The van der Waals surface area contributed by atoms with Crippen LogP contribution in [-0.2, 0) is 4.79 Å². The van der Waals surface area contributed by atoms with Gasteiger partial charge in [-0.15, -0.1) is 0 Å². The molecule has 2 atom stereocenters. The molecule has 0 aromatic heterocycles. The van der Waals surface area contributed by atoms with Gasteiger partial charge in [0.15, 0.2) is 18.1 Å². The monoisotopic (exact) mass is 271 g/mol. The van der Waals surface area contributed by atoms with Crippen molar-refractivity contribution in [2.45, 2.75) is 12.2 Å². The number of aliphatic hydroxyl groups excluding tert-OH is 3. The maximum atomic E-state index is 10.6. The van der Waals surface area contributed by atoms with Crippen molar-refractivity contribution in [3.8, 4) is 11.5 Å². The van der Waals surface area contributed by atoms with E-state index in [9.17, 15) is 15.0 Å². The lowest BCUT2D eigenvalue weighted by Gasteiger charge is -2.17. The predicted molar refractivity (Wildman–Crippen MR) is 65.7 cm³/mol. The van der Waals surface area contributed by atoms with Crippen LogP contribution in [0.5, 0.6) is 11.5 Å². The Morgan fingerprint density at radius 1 is 1.37 bits per heavy atom. The number of aliphatic hydroxyl groups is 3. The highest BCUT2D eigenvalue weighted by atomic mass is 16.5. The van der Waals surface area contributed by atoms with Crippen molar-refractivity contribution >= 4 is 5.91 Å². The van der Waals surface area contributed by atoms with Gasteiger partial charge in [-0.05, 0) is 17.7 Å². The number of primary amides is 1. The molecule has 0 bridgehead atoms. The third-order valence-corrected chi connectivity index (χ3v) is 2.45. The quantitative estimate of drug-likeness (QED) is 0.501. The molecule has 19 heavy (non-hydrogen) atoms. The molecule has 7 nitrogen and oxygen atoms in total. The first-order valence-electron chi connectivity index (χ1n) is 5.55. The molecule has 0 spiro atoms. The smallest absolute Gasteiger partial charge is 0.255 e. The summed E-state index contributed by atoms with van der Waals surface area (Å²) in [7, 11) is 1.39. The highest BCUT2D eigenvalue weighted by Gasteiger charge is 2.19. The van der Waals surface area contributed by atoms with Gasteiger partial charge in [0, 0.05) is 0 Å². The zero-order valence-corrected chi connectivity index (χ0v) is 10.4. The number of carbonyl (C=O) groups is 1. The van der Waals surface area contributed by atoms with Crippen LogP contribution in [0, 0.1) is 0 Å². The number of ether oxygens (including phenoxy) is 2. The van der Waals surface area contributed by atoms with Gasteiger partial charge in [-0.3, -0.25) is 4.79 Å². The van der Waals surface area contributed by atoms with E-state index < -0.39 is 24.7 Å². The molecule has 0 radical (unpaired) electrons. The van der Waals surface area contributed by atoms with Crippen LogP contribution in [0.2, 0.25) is 0 Å². The fraction of sp³-hybridized carbons (Fsp3) is 0.417. The second kappa shape index (κ2) is 6.93. The van der Waals surface area contributed by atoms with Crippen molar-refractivity contribution < 1.29 is 29.6 Å². The van der Waals surface area contributed by atoms with E-state index in [0.717, 1.165) is 0 Å². The molecule has 1 aromatic rings. The lowest BCUT2D eigenvalue weighted by Crippen LogP contribution is -2.22. The van der Waals surface area contributed by atoms with Crippen LogP contribution in [0.25, 0.3) is 0 Å². The maximum absolute atomic E-state index is 10.6. The van der Waals surface area contributed by atoms with Crippen molar-refractivity contribution in [3.05, 3.63) is 23.8 Å². The summed E-state index contributed by atoms with van der Waals surface area (Å²) in [6, 6.07) is 4.41. The number of amides is 1. The fourth-order valence-electron chi connectivity index (χ4n) is 1.46. The van der Waals surface area contributed by atoms with Crippen LogP contribution < -0.4 is 15.2 Å². The molecule has 0 saturated heterocycles. The minimum atomic E-state index is -1.29. The Morgan fingerprint density at radius 2 is 2.05 bits per heavy atom. The molecule has 1 amide bonds. The Labute approximate surface area is 110 Å². The van der Waals surface area contributed by atoms with E-state index in [1.54, 1.807) is 0 Å². The number of methoxy groups -OCH3 is 1. The van der Waals surface area contributed by atoms with Gasteiger partial charge in [-0.1, -0.05) is 6.07 Å². The number of benzene rings is 1. The second-order valence-electron chi connectivity index (χ2n) is 3.86. The lowest BCUT2D eigenvalue weighted by atomic mass is 10.0. The number of nitrogens with two attached hydrogens (primary N) is 1. The van der Waals surface area contributed by atoms with Gasteiger partial charge in [0.1, 0.15) is 12.2 Å². The Bertz CT molecular complexity index is 436. The van der Waals surface area contributed by atoms with Crippen LogP contribution in [0.3, 0.4) is 0 Å². The van der Waals surface area contributed by atoms with E-state index in [1.807, 2.05) is 0 Å². The van der Waals surface area contributed by atoms with E-state index in [4.69, 9.17) is 20.3 Å².